The first kappa shape index (κ1) is 11.5. The van der Waals surface area contributed by atoms with Crippen molar-refractivity contribution in [3.8, 4) is 0 Å². The number of hydrogen-bond acceptors (Lipinski definition) is 3. The van der Waals surface area contributed by atoms with Crippen molar-refractivity contribution in [3.63, 3.8) is 0 Å². The summed E-state index contributed by atoms with van der Waals surface area (Å²) < 4.78 is 0. The molecule has 1 heterocycles. The molecule has 3 N–H and O–H groups in total. The third kappa shape index (κ3) is 2.45. The molecule has 1 aliphatic heterocycles. The molecule has 82 valence electrons. The lowest BCUT2D eigenvalue weighted by Gasteiger charge is -2.29. The first-order chi connectivity index (χ1) is 6.32. The molecular weight excluding hydrogens is 180 g/mol. The van der Waals surface area contributed by atoms with Gasteiger partial charge in [-0.3, -0.25) is 4.79 Å². The van der Waals surface area contributed by atoms with Crippen molar-refractivity contribution in [2.45, 2.75) is 39.3 Å². The van der Waals surface area contributed by atoms with E-state index in [4.69, 9.17) is 5.73 Å². The Morgan fingerprint density at radius 3 is 2.50 bits per heavy atom. The molecule has 1 unspecified atom stereocenters. The van der Waals surface area contributed by atoms with E-state index in [1.165, 1.54) is 0 Å². The van der Waals surface area contributed by atoms with E-state index < -0.39 is 6.04 Å². The maximum absolute atomic E-state index is 11.8. The molecule has 1 fully saturated rings. The molecule has 1 saturated heterocycles. The zero-order valence-electron chi connectivity index (χ0n) is 9.16. The molecule has 0 aromatic rings. The van der Waals surface area contributed by atoms with Gasteiger partial charge in [0.1, 0.15) is 0 Å². The Morgan fingerprint density at radius 2 is 2.14 bits per heavy atom. The van der Waals surface area contributed by atoms with Crippen molar-refractivity contribution in [1.29, 1.82) is 0 Å². The van der Waals surface area contributed by atoms with E-state index in [0.717, 1.165) is 0 Å². The topological polar surface area (TPSA) is 66.6 Å². The maximum Gasteiger partial charge on any atom is 0.240 e. The summed E-state index contributed by atoms with van der Waals surface area (Å²) in [5.41, 5.74) is 5.63. The summed E-state index contributed by atoms with van der Waals surface area (Å²) in [4.78, 5) is 13.5. The average Bonchev–Trinajstić information content (AvgIpc) is 2.47. The summed E-state index contributed by atoms with van der Waals surface area (Å²) in [6.45, 7) is 6.90. The summed E-state index contributed by atoms with van der Waals surface area (Å²) in [5, 5.41) is 9.30. The first-order valence-electron chi connectivity index (χ1n) is 5.05. The Labute approximate surface area is 85.1 Å². The summed E-state index contributed by atoms with van der Waals surface area (Å²) >= 11 is 0. The summed E-state index contributed by atoms with van der Waals surface area (Å²) in [6.07, 6.45) is 0.300. The van der Waals surface area contributed by atoms with E-state index in [2.05, 4.69) is 0 Å². The highest BCUT2D eigenvalue weighted by Crippen LogP contribution is 2.21. The van der Waals surface area contributed by atoms with Crippen LogP contribution in [0.15, 0.2) is 0 Å². The lowest BCUT2D eigenvalue weighted by molar-refractivity contribution is -0.134. The van der Waals surface area contributed by atoms with Crippen LogP contribution in [0, 0.1) is 5.41 Å². The second-order valence-corrected chi connectivity index (χ2v) is 5.07. The number of hydrogen-bond donors (Lipinski definition) is 2. The highest BCUT2D eigenvalue weighted by atomic mass is 16.3. The van der Waals surface area contributed by atoms with Crippen LogP contribution in [0.2, 0.25) is 0 Å². The van der Waals surface area contributed by atoms with Crippen molar-refractivity contribution in [2.24, 2.45) is 11.1 Å². The molecule has 0 aromatic heterocycles. The smallest absolute Gasteiger partial charge is 0.240 e. The third-order valence-corrected chi connectivity index (χ3v) is 2.67. The van der Waals surface area contributed by atoms with E-state index in [0.29, 0.717) is 19.5 Å². The normalized spacial score (nSPS) is 25.2. The van der Waals surface area contributed by atoms with E-state index >= 15 is 0 Å². The lowest BCUT2D eigenvalue weighted by Crippen LogP contribution is -2.49. The third-order valence-electron chi connectivity index (χ3n) is 2.67. The number of nitrogens with zero attached hydrogens (tertiary/aromatic N) is 1. The SMILES string of the molecule is CC(C)(C)C(N)C(=O)N1CC[C@@H](O)C1. The summed E-state index contributed by atoms with van der Waals surface area (Å²) in [6, 6.07) is -0.479. The van der Waals surface area contributed by atoms with Crippen LogP contribution in [0.4, 0.5) is 0 Å². The van der Waals surface area contributed by atoms with Gasteiger partial charge in [-0.1, -0.05) is 20.8 Å². The van der Waals surface area contributed by atoms with Crippen LogP contribution in [0.3, 0.4) is 0 Å². The fourth-order valence-corrected chi connectivity index (χ4v) is 1.51. The molecule has 0 spiro atoms. The highest BCUT2D eigenvalue weighted by Gasteiger charge is 2.34. The van der Waals surface area contributed by atoms with Gasteiger partial charge in [0.2, 0.25) is 5.91 Å². The second kappa shape index (κ2) is 3.87. The van der Waals surface area contributed by atoms with Crippen LogP contribution < -0.4 is 5.73 Å². The number of β-amino-alcohol motifs (C(OH)–C–C–N with tert-alkyl or cyclic N) is 1. The molecule has 4 heteroatoms. The van der Waals surface area contributed by atoms with Crippen LogP contribution in [0.5, 0.6) is 0 Å². The standard InChI is InChI=1S/C10H20N2O2/c1-10(2,3)8(11)9(14)12-5-4-7(13)6-12/h7-8,13H,4-6,11H2,1-3H3/t7-,8?/m1/s1. The predicted octanol–water partition coefficient (Wildman–Crippen LogP) is -0.0470. The number of amides is 1. The van der Waals surface area contributed by atoms with Gasteiger partial charge in [0.15, 0.2) is 0 Å². The number of likely N-dealkylation sites (tertiary alicyclic amines) is 1. The molecule has 0 aliphatic carbocycles. The second-order valence-electron chi connectivity index (χ2n) is 5.07. The number of rotatable bonds is 1. The Kier molecular flexibility index (Phi) is 3.17. The van der Waals surface area contributed by atoms with Crippen molar-refractivity contribution < 1.29 is 9.90 Å². The molecule has 0 bridgehead atoms. The number of nitrogens with two attached hydrogens (primary N) is 1. The molecule has 2 atom stereocenters. The number of aliphatic hydroxyl groups is 1. The molecule has 14 heavy (non-hydrogen) atoms. The van der Waals surface area contributed by atoms with Gasteiger partial charge in [-0.2, -0.15) is 0 Å². The van der Waals surface area contributed by atoms with Crippen LogP contribution in [-0.4, -0.2) is 41.1 Å². The Morgan fingerprint density at radius 1 is 1.57 bits per heavy atom. The fourth-order valence-electron chi connectivity index (χ4n) is 1.51. The first-order valence-corrected chi connectivity index (χ1v) is 5.05. The quantitative estimate of drug-likeness (QED) is 0.624. The average molecular weight is 200 g/mol. The minimum atomic E-state index is -0.479. The maximum atomic E-state index is 11.8. The molecule has 4 nitrogen and oxygen atoms in total. The van der Waals surface area contributed by atoms with Crippen LogP contribution >= 0.6 is 0 Å². The van der Waals surface area contributed by atoms with Gasteiger partial charge in [-0.05, 0) is 11.8 Å². The predicted molar refractivity (Wildman–Crippen MR) is 54.6 cm³/mol. The zero-order valence-corrected chi connectivity index (χ0v) is 9.16. The van der Waals surface area contributed by atoms with Crippen molar-refractivity contribution in [2.75, 3.05) is 13.1 Å². The highest BCUT2D eigenvalue weighted by molar-refractivity contribution is 5.82. The Hall–Kier alpha value is -0.610. The number of carbonyl (C=O) groups is 1. The monoisotopic (exact) mass is 200 g/mol. The van der Waals surface area contributed by atoms with Gasteiger partial charge in [-0.25, -0.2) is 0 Å². The van der Waals surface area contributed by atoms with Gasteiger partial charge in [0, 0.05) is 13.1 Å². The number of carbonyl (C=O) groups excluding carboxylic acids is 1. The van der Waals surface area contributed by atoms with Crippen molar-refractivity contribution in [3.05, 3.63) is 0 Å². The molecule has 0 radical (unpaired) electrons. The molecular formula is C10H20N2O2. The number of aliphatic hydroxyl groups excluding tert-OH is 1. The molecule has 1 aliphatic rings. The summed E-state index contributed by atoms with van der Waals surface area (Å²) in [7, 11) is 0. The molecule has 0 saturated carbocycles. The minimum Gasteiger partial charge on any atom is -0.391 e. The Bertz CT molecular complexity index is 223. The van der Waals surface area contributed by atoms with Gasteiger partial charge >= 0.3 is 0 Å². The van der Waals surface area contributed by atoms with E-state index in [1.807, 2.05) is 20.8 Å². The van der Waals surface area contributed by atoms with Crippen LogP contribution in [0.1, 0.15) is 27.2 Å². The minimum absolute atomic E-state index is 0.0472. The zero-order chi connectivity index (χ0) is 10.9. The van der Waals surface area contributed by atoms with Gasteiger partial charge < -0.3 is 15.7 Å². The van der Waals surface area contributed by atoms with Crippen LogP contribution in [-0.2, 0) is 4.79 Å². The van der Waals surface area contributed by atoms with Gasteiger partial charge in [-0.15, -0.1) is 0 Å². The Balaban J connectivity index is 2.57. The summed E-state index contributed by atoms with van der Waals surface area (Å²) in [5.74, 6) is -0.0472. The van der Waals surface area contributed by atoms with Gasteiger partial charge in [0.05, 0.1) is 12.1 Å². The van der Waals surface area contributed by atoms with Crippen molar-refractivity contribution >= 4 is 5.91 Å². The molecule has 1 amide bonds. The molecule has 1 rings (SSSR count). The van der Waals surface area contributed by atoms with E-state index in [1.54, 1.807) is 4.90 Å². The van der Waals surface area contributed by atoms with Gasteiger partial charge in [0.25, 0.3) is 0 Å². The fraction of sp³-hybridized carbons (Fsp3) is 0.900. The lowest BCUT2D eigenvalue weighted by atomic mass is 9.86. The van der Waals surface area contributed by atoms with Crippen LogP contribution in [0.25, 0.3) is 0 Å². The molecule has 0 aromatic carbocycles. The van der Waals surface area contributed by atoms with E-state index in [-0.39, 0.29) is 17.4 Å². The van der Waals surface area contributed by atoms with E-state index in [9.17, 15) is 9.90 Å². The van der Waals surface area contributed by atoms with Crippen molar-refractivity contribution in [1.82, 2.24) is 4.90 Å². The largest absolute Gasteiger partial charge is 0.391 e.